The molecule has 22 nitrogen and oxygen atoms in total. The van der Waals surface area contributed by atoms with Crippen LogP contribution in [-0.4, -0.2) is 211 Å². The summed E-state index contributed by atoms with van der Waals surface area (Å²) in [5.74, 6) is -1.41. The molecule has 0 bridgehead atoms. The minimum absolute atomic E-state index is 0.630. The summed E-state index contributed by atoms with van der Waals surface area (Å²) in [5.41, 5.74) is 0. The van der Waals surface area contributed by atoms with Gasteiger partial charge in [-0.1, -0.05) is 0 Å². The highest BCUT2D eigenvalue weighted by molar-refractivity contribution is 5.73. The predicted octanol–water partition coefficient (Wildman–Crippen LogP) is -8.43. The van der Waals surface area contributed by atoms with E-state index in [4.69, 9.17) is 33.2 Å². The van der Waals surface area contributed by atoms with Gasteiger partial charge in [-0.2, -0.15) is 0 Å². The highest BCUT2D eigenvalue weighted by Gasteiger charge is 2.54. The van der Waals surface area contributed by atoms with E-state index in [2.05, 4.69) is 10.6 Å². The number of ether oxygens (including phenoxy) is 7. The first-order valence-electron chi connectivity index (χ1n) is 15.9. The molecule has 2 amide bonds. The van der Waals surface area contributed by atoms with Gasteiger partial charge in [-0.05, 0) is 6.92 Å². The van der Waals surface area contributed by atoms with Crippen molar-refractivity contribution < 1.29 is 98.9 Å². The van der Waals surface area contributed by atoms with E-state index in [0.29, 0.717) is 0 Å². The Balaban J connectivity index is 1.58. The van der Waals surface area contributed by atoms with Gasteiger partial charge in [0.25, 0.3) is 0 Å². The van der Waals surface area contributed by atoms with Crippen molar-refractivity contribution in [1.82, 2.24) is 10.6 Å². The molecule has 50 heavy (non-hydrogen) atoms. The third kappa shape index (κ3) is 8.87. The van der Waals surface area contributed by atoms with Gasteiger partial charge in [0.1, 0.15) is 91.4 Å². The van der Waals surface area contributed by atoms with Gasteiger partial charge in [0.2, 0.25) is 11.8 Å². The number of amides is 2. The Kier molecular flexibility index (Phi) is 14.2. The largest absolute Gasteiger partial charge is 0.394 e. The SMILES string of the molecule is CC(=O)N[C@@H]1[C@@H](O)[C@H](O[C@@H]2O[C@H](CO)[C@@H](O[C@H]3O[C@H](CO)[C@@H](O)[C@H](O)[C@@H]3O)[C@H](O)[C@H]2NC(C)=O)[C@@H](CO[C@@H]2O[C@@H](C)[C@@H](O)[C@@H](O)[C@@H]2O)O[C@H]1O. The predicted molar refractivity (Wildman–Crippen MR) is 156 cm³/mol. The molecule has 0 aromatic rings. The van der Waals surface area contributed by atoms with Crippen molar-refractivity contribution in [2.75, 3.05) is 19.8 Å². The molecule has 0 unspecified atom stereocenters. The summed E-state index contributed by atoms with van der Waals surface area (Å²) < 4.78 is 39.5. The van der Waals surface area contributed by atoms with Crippen LogP contribution in [-0.2, 0) is 42.7 Å². The van der Waals surface area contributed by atoms with Crippen molar-refractivity contribution in [3.63, 3.8) is 0 Å². The topological polar surface area (TPSA) is 345 Å². The van der Waals surface area contributed by atoms with Gasteiger partial charge < -0.3 is 100.0 Å². The highest BCUT2D eigenvalue weighted by atomic mass is 16.8. The third-order valence-corrected chi connectivity index (χ3v) is 8.95. The molecule has 20 atom stereocenters. The molecule has 4 heterocycles. The van der Waals surface area contributed by atoms with E-state index < -0.39 is 154 Å². The van der Waals surface area contributed by atoms with Crippen LogP contribution >= 0.6 is 0 Å². The molecular formula is C28H48N2O20. The Labute approximate surface area is 285 Å². The number of rotatable bonds is 11. The second-order valence-electron chi connectivity index (χ2n) is 12.6. The molecule has 4 fully saturated rings. The first-order valence-corrected chi connectivity index (χ1v) is 15.9. The molecule has 0 aromatic carbocycles. The average molecular weight is 733 g/mol. The lowest BCUT2D eigenvalue weighted by molar-refractivity contribution is -0.363. The molecule has 4 aliphatic rings. The van der Waals surface area contributed by atoms with Gasteiger partial charge in [0.05, 0.1) is 25.9 Å². The third-order valence-electron chi connectivity index (χ3n) is 8.95. The lowest BCUT2D eigenvalue weighted by Gasteiger charge is -2.49. The summed E-state index contributed by atoms with van der Waals surface area (Å²) in [6, 6.07) is -3.09. The highest BCUT2D eigenvalue weighted by Crippen LogP contribution is 2.33. The summed E-state index contributed by atoms with van der Waals surface area (Å²) in [6.45, 7) is 1.27. The Hall–Kier alpha value is -1.78. The maximum Gasteiger partial charge on any atom is 0.217 e. The van der Waals surface area contributed by atoms with Crippen LogP contribution in [0.5, 0.6) is 0 Å². The van der Waals surface area contributed by atoms with Crippen LogP contribution in [0.4, 0.5) is 0 Å². The first kappa shape index (κ1) is 41.0. The van der Waals surface area contributed by atoms with Crippen molar-refractivity contribution in [3.8, 4) is 0 Å². The van der Waals surface area contributed by atoms with Crippen LogP contribution in [0.1, 0.15) is 20.8 Å². The van der Waals surface area contributed by atoms with Gasteiger partial charge in [-0.15, -0.1) is 0 Å². The molecule has 13 N–H and O–H groups in total. The number of hydrogen-bond acceptors (Lipinski definition) is 20. The molecular weight excluding hydrogens is 684 g/mol. The minimum atomic E-state index is -1.90. The molecule has 0 saturated carbocycles. The molecule has 22 heteroatoms. The van der Waals surface area contributed by atoms with Gasteiger partial charge in [-0.3, -0.25) is 9.59 Å². The Morgan fingerprint density at radius 3 is 1.66 bits per heavy atom. The number of carbonyl (C=O) groups excluding carboxylic acids is 2. The van der Waals surface area contributed by atoms with E-state index in [-0.39, 0.29) is 0 Å². The fraction of sp³-hybridized carbons (Fsp3) is 0.929. The van der Waals surface area contributed by atoms with Crippen LogP contribution in [0.15, 0.2) is 0 Å². The van der Waals surface area contributed by atoms with E-state index in [9.17, 15) is 65.8 Å². The lowest BCUT2D eigenvalue weighted by Crippen LogP contribution is -2.70. The number of aliphatic hydroxyl groups excluding tert-OH is 11. The fourth-order valence-corrected chi connectivity index (χ4v) is 6.20. The van der Waals surface area contributed by atoms with Crippen LogP contribution < -0.4 is 10.6 Å². The quantitative estimate of drug-likeness (QED) is 0.0938. The fourth-order valence-electron chi connectivity index (χ4n) is 6.20. The maximum absolute atomic E-state index is 12.3. The van der Waals surface area contributed by atoms with Crippen LogP contribution in [0.2, 0.25) is 0 Å². The average Bonchev–Trinajstić information content (AvgIpc) is 3.06. The zero-order chi connectivity index (χ0) is 37.2. The summed E-state index contributed by atoms with van der Waals surface area (Å²) in [7, 11) is 0. The summed E-state index contributed by atoms with van der Waals surface area (Å²) in [5, 5.41) is 119. The van der Waals surface area contributed by atoms with Crippen molar-refractivity contribution in [2.45, 2.75) is 143 Å². The molecule has 4 saturated heterocycles. The number of nitrogens with one attached hydrogen (secondary N) is 2. The zero-order valence-electron chi connectivity index (χ0n) is 27.3. The summed E-state index contributed by atoms with van der Waals surface area (Å²) in [4.78, 5) is 24.1. The summed E-state index contributed by atoms with van der Waals surface area (Å²) in [6.07, 6.45) is -29.6. The van der Waals surface area contributed by atoms with Crippen molar-refractivity contribution in [1.29, 1.82) is 0 Å². The standard InChI is InChI=1S/C28H48N2O20/c1-7-15(35)19(39)21(41)27(45-7)44-6-12-24(17(37)13(25(43)46-12)29-8(2)33)49-26-14(30-9(3)34)18(38)23(11(5-32)48-26)50-28-22(42)20(40)16(36)10(4-31)47-28/h7,10-28,31-32,35-43H,4-6H2,1-3H3,(H,29,33)(H,30,34)/t7-,10+,11+,12+,13+,14+,15+,16+,17+,18+,19+,20-,21-,22-,23+,24+,25+,26-,27+,28+/m0/s1. The Morgan fingerprint density at radius 1 is 0.560 bits per heavy atom. The van der Waals surface area contributed by atoms with E-state index >= 15 is 0 Å². The number of aliphatic hydroxyl groups is 11. The van der Waals surface area contributed by atoms with Crippen molar-refractivity contribution in [2.24, 2.45) is 0 Å². The molecule has 0 spiro atoms. The normalized spacial score (nSPS) is 48.5. The van der Waals surface area contributed by atoms with E-state index in [1.165, 1.54) is 6.92 Å². The number of hydrogen-bond donors (Lipinski definition) is 13. The maximum atomic E-state index is 12.3. The summed E-state index contributed by atoms with van der Waals surface area (Å²) >= 11 is 0. The van der Waals surface area contributed by atoms with Crippen LogP contribution in [0, 0.1) is 0 Å². The van der Waals surface area contributed by atoms with E-state index in [1.807, 2.05) is 0 Å². The molecule has 0 radical (unpaired) electrons. The minimum Gasteiger partial charge on any atom is -0.394 e. The first-order chi connectivity index (χ1) is 23.5. The molecule has 290 valence electrons. The van der Waals surface area contributed by atoms with E-state index in [1.54, 1.807) is 0 Å². The van der Waals surface area contributed by atoms with Gasteiger partial charge >= 0.3 is 0 Å². The van der Waals surface area contributed by atoms with Crippen LogP contribution in [0.3, 0.4) is 0 Å². The smallest absolute Gasteiger partial charge is 0.217 e. The van der Waals surface area contributed by atoms with Gasteiger partial charge in [-0.25, -0.2) is 0 Å². The number of carbonyl (C=O) groups is 2. The molecule has 0 aromatic heterocycles. The Morgan fingerprint density at radius 2 is 1.06 bits per heavy atom. The zero-order valence-corrected chi connectivity index (χ0v) is 27.3. The monoisotopic (exact) mass is 732 g/mol. The Bertz CT molecular complexity index is 1120. The molecule has 4 aliphatic heterocycles. The van der Waals surface area contributed by atoms with Gasteiger partial charge in [0.15, 0.2) is 25.2 Å². The van der Waals surface area contributed by atoms with Crippen LogP contribution in [0.25, 0.3) is 0 Å². The second kappa shape index (κ2) is 17.4. The second-order valence-corrected chi connectivity index (χ2v) is 12.6. The van der Waals surface area contributed by atoms with E-state index in [0.717, 1.165) is 13.8 Å². The van der Waals surface area contributed by atoms with Crippen molar-refractivity contribution >= 4 is 11.8 Å². The van der Waals surface area contributed by atoms with Crippen molar-refractivity contribution in [3.05, 3.63) is 0 Å². The molecule has 0 aliphatic carbocycles. The lowest BCUT2D eigenvalue weighted by atomic mass is 9.94. The van der Waals surface area contributed by atoms with Gasteiger partial charge in [0, 0.05) is 13.8 Å². The molecule has 4 rings (SSSR count).